The zero-order chi connectivity index (χ0) is 13.0. The first kappa shape index (κ1) is 13.6. The Morgan fingerprint density at radius 2 is 2.33 bits per heavy atom. The number of benzene rings is 1. The van der Waals surface area contributed by atoms with Gasteiger partial charge in [0.15, 0.2) is 0 Å². The van der Waals surface area contributed by atoms with E-state index in [1.807, 2.05) is 17.0 Å². The van der Waals surface area contributed by atoms with E-state index in [1.165, 1.54) is 6.07 Å². The topological polar surface area (TPSA) is 24.9 Å². The molecule has 0 saturated carbocycles. The van der Waals surface area contributed by atoms with Gasteiger partial charge in [0.05, 0.1) is 21.7 Å². The van der Waals surface area contributed by atoms with E-state index in [4.69, 9.17) is 0 Å². The Labute approximate surface area is 118 Å². The molecule has 1 N–H and O–H groups in total. The van der Waals surface area contributed by atoms with Crippen LogP contribution in [-0.4, -0.2) is 11.5 Å². The second-order valence-electron chi connectivity index (χ2n) is 3.94. The van der Waals surface area contributed by atoms with E-state index in [0.29, 0.717) is 4.47 Å². The molecule has 1 aromatic carbocycles. The molecule has 2 rings (SSSR count). The second kappa shape index (κ2) is 6.41. The van der Waals surface area contributed by atoms with E-state index in [1.54, 1.807) is 17.4 Å². The summed E-state index contributed by atoms with van der Waals surface area (Å²) in [7, 11) is 0. The van der Waals surface area contributed by atoms with Crippen LogP contribution in [0.5, 0.6) is 0 Å². The molecular weight excluding hydrogens is 315 g/mol. The van der Waals surface area contributed by atoms with Gasteiger partial charge in [0.1, 0.15) is 5.82 Å². The lowest BCUT2D eigenvalue weighted by Gasteiger charge is -2.16. The number of thiazole rings is 1. The third kappa shape index (κ3) is 3.16. The lowest BCUT2D eigenvalue weighted by molar-refractivity contribution is 0.535. The largest absolute Gasteiger partial charge is 0.309 e. The average molecular weight is 329 g/mol. The zero-order valence-corrected chi connectivity index (χ0v) is 12.4. The highest BCUT2D eigenvalue weighted by atomic mass is 79.9. The van der Waals surface area contributed by atoms with E-state index in [9.17, 15) is 4.39 Å². The first-order valence-corrected chi connectivity index (χ1v) is 7.50. The first-order chi connectivity index (χ1) is 8.72. The number of hydrogen-bond donors (Lipinski definition) is 1. The van der Waals surface area contributed by atoms with Crippen molar-refractivity contribution in [2.45, 2.75) is 19.4 Å². The molecule has 0 fully saturated rings. The number of rotatable bonds is 5. The van der Waals surface area contributed by atoms with Crippen molar-refractivity contribution in [3.05, 3.63) is 50.6 Å². The summed E-state index contributed by atoms with van der Waals surface area (Å²) in [4.78, 5) is 4.33. The molecule has 18 heavy (non-hydrogen) atoms. The summed E-state index contributed by atoms with van der Waals surface area (Å²) in [5, 5.41) is 5.41. The van der Waals surface area contributed by atoms with Gasteiger partial charge in [-0.25, -0.2) is 9.37 Å². The maximum absolute atomic E-state index is 13.5. The van der Waals surface area contributed by atoms with E-state index in [-0.39, 0.29) is 11.9 Å². The maximum Gasteiger partial charge on any atom is 0.137 e. The van der Waals surface area contributed by atoms with E-state index in [0.717, 1.165) is 24.2 Å². The van der Waals surface area contributed by atoms with Gasteiger partial charge in [0, 0.05) is 5.38 Å². The van der Waals surface area contributed by atoms with Crippen molar-refractivity contribution in [2.24, 2.45) is 0 Å². The maximum atomic E-state index is 13.5. The van der Waals surface area contributed by atoms with Gasteiger partial charge in [0.2, 0.25) is 0 Å². The predicted molar refractivity (Wildman–Crippen MR) is 76.3 cm³/mol. The van der Waals surface area contributed by atoms with Crippen molar-refractivity contribution in [1.29, 1.82) is 0 Å². The zero-order valence-electron chi connectivity index (χ0n) is 9.99. The summed E-state index contributed by atoms with van der Waals surface area (Å²) in [6.45, 7) is 2.91. The minimum atomic E-state index is -0.221. The standard InChI is InChI=1S/C13H14BrFN2S/c1-2-16-11(12-7-18-8-17-12)6-9-4-3-5-10(15)13(9)14/h3-5,7-8,11,16H,2,6H2,1H3. The Hall–Kier alpha value is -0.780. The number of likely N-dealkylation sites (N-methyl/N-ethyl adjacent to an activating group) is 1. The highest BCUT2D eigenvalue weighted by molar-refractivity contribution is 9.10. The summed E-state index contributed by atoms with van der Waals surface area (Å²) in [5.74, 6) is -0.221. The third-order valence-electron chi connectivity index (χ3n) is 2.71. The lowest BCUT2D eigenvalue weighted by Crippen LogP contribution is -2.23. The third-order valence-corrected chi connectivity index (χ3v) is 4.21. The SMILES string of the molecule is CCNC(Cc1cccc(F)c1Br)c1cscn1. The molecule has 0 amide bonds. The van der Waals surface area contributed by atoms with Crippen LogP contribution in [0.1, 0.15) is 24.2 Å². The van der Waals surface area contributed by atoms with Crippen molar-refractivity contribution in [3.63, 3.8) is 0 Å². The van der Waals surface area contributed by atoms with Gasteiger partial charge in [-0.2, -0.15) is 0 Å². The van der Waals surface area contributed by atoms with Crippen molar-refractivity contribution >= 4 is 27.3 Å². The van der Waals surface area contributed by atoms with Crippen molar-refractivity contribution in [1.82, 2.24) is 10.3 Å². The summed E-state index contributed by atoms with van der Waals surface area (Å²) in [5.41, 5.74) is 3.78. The van der Waals surface area contributed by atoms with Gasteiger partial charge >= 0.3 is 0 Å². The quantitative estimate of drug-likeness (QED) is 0.899. The van der Waals surface area contributed by atoms with Gasteiger partial charge in [0.25, 0.3) is 0 Å². The molecule has 0 spiro atoms. The van der Waals surface area contributed by atoms with Crippen LogP contribution in [0.4, 0.5) is 4.39 Å². The summed E-state index contributed by atoms with van der Waals surface area (Å²) >= 11 is 4.88. The van der Waals surface area contributed by atoms with Crippen LogP contribution in [0.3, 0.4) is 0 Å². The Bertz CT molecular complexity index is 502. The number of nitrogens with zero attached hydrogens (tertiary/aromatic N) is 1. The van der Waals surface area contributed by atoms with Crippen LogP contribution in [-0.2, 0) is 6.42 Å². The van der Waals surface area contributed by atoms with Crippen molar-refractivity contribution in [3.8, 4) is 0 Å². The molecule has 0 radical (unpaired) electrons. The summed E-state index contributed by atoms with van der Waals surface area (Å²) < 4.78 is 14.0. The number of nitrogens with one attached hydrogen (secondary N) is 1. The molecule has 1 aromatic heterocycles. The van der Waals surface area contributed by atoms with E-state index >= 15 is 0 Å². The summed E-state index contributed by atoms with van der Waals surface area (Å²) in [6, 6.07) is 5.25. The van der Waals surface area contributed by atoms with Crippen LogP contribution in [0.15, 0.2) is 33.6 Å². The monoisotopic (exact) mass is 328 g/mol. The Balaban J connectivity index is 2.21. The van der Waals surface area contributed by atoms with Gasteiger partial charge in [-0.05, 0) is 40.5 Å². The molecule has 1 unspecified atom stereocenters. The van der Waals surface area contributed by atoms with Gasteiger partial charge in [-0.1, -0.05) is 19.1 Å². The molecule has 0 aliphatic heterocycles. The molecule has 1 heterocycles. The molecule has 1 atom stereocenters. The number of hydrogen-bond acceptors (Lipinski definition) is 3. The first-order valence-electron chi connectivity index (χ1n) is 5.76. The van der Waals surface area contributed by atoms with Crippen LogP contribution < -0.4 is 5.32 Å². The molecule has 0 saturated heterocycles. The number of halogens is 2. The molecular formula is C13H14BrFN2S. The highest BCUT2D eigenvalue weighted by Gasteiger charge is 2.15. The Morgan fingerprint density at radius 3 is 3.00 bits per heavy atom. The molecule has 0 bridgehead atoms. The van der Waals surface area contributed by atoms with Gasteiger partial charge < -0.3 is 5.32 Å². The van der Waals surface area contributed by atoms with Crippen LogP contribution in [0, 0.1) is 5.82 Å². The van der Waals surface area contributed by atoms with Crippen LogP contribution in [0.25, 0.3) is 0 Å². The smallest absolute Gasteiger partial charge is 0.137 e. The van der Waals surface area contributed by atoms with Gasteiger partial charge in [-0.3, -0.25) is 0 Å². The Morgan fingerprint density at radius 1 is 1.50 bits per heavy atom. The minimum absolute atomic E-state index is 0.124. The van der Waals surface area contributed by atoms with E-state index in [2.05, 4.69) is 33.2 Å². The molecule has 0 aliphatic carbocycles. The fraction of sp³-hybridized carbons (Fsp3) is 0.308. The molecule has 0 aliphatic rings. The van der Waals surface area contributed by atoms with Crippen molar-refractivity contribution in [2.75, 3.05) is 6.54 Å². The molecule has 2 nitrogen and oxygen atoms in total. The highest BCUT2D eigenvalue weighted by Crippen LogP contribution is 2.25. The van der Waals surface area contributed by atoms with Gasteiger partial charge in [-0.15, -0.1) is 11.3 Å². The predicted octanol–water partition coefficient (Wildman–Crippen LogP) is 3.94. The molecule has 5 heteroatoms. The van der Waals surface area contributed by atoms with Crippen molar-refractivity contribution < 1.29 is 4.39 Å². The normalized spacial score (nSPS) is 12.6. The average Bonchev–Trinajstić information content (AvgIpc) is 2.88. The second-order valence-corrected chi connectivity index (χ2v) is 5.45. The Kier molecular flexibility index (Phi) is 4.86. The summed E-state index contributed by atoms with van der Waals surface area (Å²) in [6.07, 6.45) is 0.718. The molecule has 96 valence electrons. The van der Waals surface area contributed by atoms with Crippen LogP contribution in [0.2, 0.25) is 0 Å². The van der Waals surface area contributed by atoms with Crippen LogP contribution >= 0.6 is 27.3 Å². The lowest BCUT2D eigenvalue weighted by atomic mass is 10.0. The van der Waals surface area contributed by atoms with E-state index < -0.39 is 0 Å². The minimum Gasteiger partial charge on any atom is -0.309 e. The number of aromatic nitrogens is 1. The molecule has 2 aromatic rings. The fourth-order valence-electron chi connectivity index (χ4n) is 1.85. The fourth-order valence-corrected chi connectivity index (χ4v) is 2.88.